The lowest BCUT2D eigenvalue weighted by atomic mass is 9.82. The largest absolute Gasteiger partial charge is 0.481 e. The zero-order chi connectivity index (χ0) is 15.3. The first-order chi connectivity index (χ1) is 9.05. The number of carboxylic acid groups (broad SMARTS) is 1. The lowest BCUT2D eigenvalue weighted by Gasteiger charge is -2.33. The molecule has 1 atom stereocenters. The maximum Gasteiger partial charge on any atom is 0.416 e. The van der Waals surface area contributed by atoms with Crippen molar-refractivity contribution in [3.8, 4) is 0 Å². The third kappa shape index (κ3) is 2.23. The Morgan fingerprint density at radius 3 is 2.45 bits per heavy atom. The molecule has 6 heteroatoms. The molecule has 20 heavy (non-hydrogen) atoms. The first-order valence-corrected chi connectivity index (χ1v) is 6.21. The number of anilines is 1. The fraction of sp³-hybridized carbons (Fsp3) is 0.500. The van der Waals surface area contributed by atoms with Crippen molar-refractivity contribution in [3.63, 3.8) is 0 Å². The second kappa shape index (κ2) is 4.40. The van der Waals surface area contributed by atoms with Crippen molar-refractivity contribution in [1.82, 2.24) is 0 Å². The van der Waals surface area contributed by atoms with Crippen LogP contribution in [-0.2, 0) is 17.4 Å². The molecule has 1 unspecified atom stereocenters. The van der Waals surface area contributed by atoms with E-state index >= 15 is 0 Å². The zero-order valence-corrected chi connectivity index (χ0v) is 11.5. The van der Waals surface area contributed by atoms with Gasteiger partial charge in [0.05, 0.1) is 11.0 Å². The summed E-state index contributed by atoms with van der Waals surface area (Å²) in [5, 5.41) is 9.28. The lowest BCUT2D eigenvalue weighted by molar-refractivity contribution is -0.148. The van der Waals surface area contributed by atoms with Crippen molar-refractivity contribution in [3.05, 3.63) is 29.3 Å². The Balaban J connectivity index is 2.40. The summed E-state index contributed by atoms with van der Waals surface area (Å²) < 4.78 is 38.2. The highest BCUT2D eigenvalue weighted by Gasteiger charge is 2.44. The molecule has 1 aromatic carbocycles. The molecule has 0 spiro atoms. The minimum absolute atomic E-state index is 0.363. The molecule has 0 aliphatic carbocycles. The summed E-state index contributed by atoms with van der Waals surface area (Å²) in [4.78, 5) is 13.0. The standard InChI is InChI=1S/C14H16F3NO2/c1-13(2,12(19)20)11-6-8-4-5-9(14(15,16)17)7-10(8)18(11)3/h4-5,7,11H,6H2,1-3H3,(H,19,20). The number of rotatable bonds is 2. The Kier molecular flexibility index (Phi) is 3.23. The number of carboxylic acids is 1. The molecule has 0 radical (unpaired) electrons. The second-order valence-corrected chi connectivity index (χ2v) is 5.70. The molecule has 1 N–H and O–H groups in total. The molecule has 110 valence electrons. The van der Waals surface area contributed by atoms with Crippen molar-refractivity contribution >= 4 is 11.7 Å². The van der Waals surface area contributed by atoms with Crippen LogP contribution >= 0.6 is 0 Å². The predicted octanol–water partition coefficient (Wildman–Crippen LogP) is 3.18. The molecular formula is C14H16F3NO2. The van der Waals surface area contributed by atoms with Crippen LogP contribution in [0.3, 0.4) is 0 Å². The number of aliphatic carboxylic acids is 1. The quantitative estimate of drug-likeness (QED) is 0.908. The van der Waals surface area contributed by atoms with Crippen LogP contribution in [-0.4, -0.2) is 24.2 Å². The monoisotopic (exact) mass is 287 g/mol. The van der Waals surface area contributed by atoms with Crippen LogP contribution in [0.4, 0.5) is 18.9 Å². The Hall–Kier alpha value is -1.72. The molecule has 0 aromatic heterocycles. The van der Waals surface area contributed by atoms with Gasteiger partial charge in [-0.15, -0.1) is 0 Å². The predicted molar refractivity (Wildman–Crippen MR) is 68.8 cm³/mol. The molecule has 0 fully saturated rings. The number of likely N-dealkylation sites (N-methyl/N-ethyl adjacent to an activating group) is 1. The fourth-order valence-corrected chi connectivity index (χ4v) is 2.64. The van der Waals surface area contributed by atoms with Crippen molar-refractivity contribution in [2.45, 2.75) is 32.5 Å². The van der Waals surface area contributed by atoms with E-state index in [2.05, 4.69) is 0 Å². The van der Waals surface area contributed by atoms with Crippen LogP contribution in [0, 0.1) is 5.41 Å². The lowest BCUT2D eigenvalue weighted by Crippen LogP contribution is -2.46. The van der Waals surface area contributed by atoms with E-state index in [0.717, 1.165) is 17.7 Å². The summed E-state index contributed by atoms with van der Waals surface area (Å²) >= 11 is 0. The summed E-state index contributed by atoms with van der Waals surface area (Å²) in [6.07, 6.45) is -3.96. The number of fused-ring (bicyclic) bond motifs is 1. The number of halogens is 3. The van der Waals surface area contributed by atoms with Crippen molar-refractivity contribution in [2.75, 3.05) is 11.9 Å². The Morgan fingerprint density at radius 1 is 1.35 bits per heavy atom. The van der Waals surface area contributed by atoms with Gasteiger partial charge in [-0.1, -0.05) is 6.07 Å². The van der Waals surface area contributed by atoms with Gasteiger partial charge in [0.25, 0.3) is 0 Å². The highest BCUT2D eigenvalue weighted by atomic mass is 19.4. The molecule has 0 saturated carbocycles. The minimum Gasteiger partial charge on any atom is -0.481 e. The molecule has 1 aliphatic rings. The number of alkyl halides is 3. The number of nitrogens with zero attached hydrogens (tertiary/aromatic N) is 1. The van der Waals surface area contributed by atoms with Crippen molar-refractivity contribution < 1.29 is 23.1 Å². The zero-order valence-electron chi connectivity index (χ0n) is 11.5. The van der Waals surface area contributed by atoms with E-state index in [0.29, 0.717) is 12.1 Å². The van der Waals surface area contributed by atoms with Gasteiger partial charge in [-0.25, -0.2) is 0 Å². The van der Waals surface area contributed by atoms with Gasteiger partial charge in [0, 0.05) is 18.8 Å². The summed E-state index contributed by atoms with van der Waals surface area (Å²) in [5.41, 5.74) is -0.539. The summed E-state index contributed by atoms with van der Waals surface area (Å²) in [5.74, 6) is -0.960. The molecule has 1 aliphatic heterocycles. The average Bonchev–Trinajstić information content (AvgIpc) is 2.65. The fourth-order valence-electron chi connectivity index (χ4n) is 2.64. The van der Waals surface area contributed by atoms with E-state index in [4.69, 9.17) is 0 Å². The molecular weight excluding hydrogens is 271 g/mol. The van der Waals surface area contributed by atoms with Crippen LogP contribution in [0.15, 0.2) is 18.2 Å². The number of benzene rings is 1. The van der Waals surface area contributed by atoms with Gasteiger partial charge >= 0.3 is 12.1 Å². The normalized spacial score (nSPS) is 19.1. The van der Waals surface area contributed by atoms with E-state index in [1.807, 2.05) is 0 Å². The topological polar surface area (TPSA) is 40.5 Å². The third-order valence-corrected chi connectivity index (χ3v) is 4.06. The molecule has 1 heterocycles. The molecule has 0 saturated heterocycles. The SMILES string of the molecule is CN1c2cc(C(F)(F)F)ccc2CC1C(C)(C)C(=O)O. The van der Waals surface area contributed by atoms with Crippen LogP contribution in [0.5, 0.6) is 0 Å². The van der Waals surface area contributed by atoms with E-state index in [9.17, 15) is 23.1 Å². The summed E-state index contributed by atoms with van der Waals surface area (Å²) in [6.45, 7) is 3.18. The van der Waals surface area contributed by atoms with E-state index in [-0.39, 0.29) is 6.04 Å². The van der Waals surface area contributed by atoms with Crippen molar-refractivity contribution in [1.29, 1.82) is 0 Å². The first-order valence-electron chi connectivity index (χ1n) is 6.21. The van der Waals surface area contributed by atoms with Gasteiger partial charge in [-0.3, -0.25) is 4.79 Å². The number of carbonyl (C=O) groups is 1. The second-order valence-electron chi connectivity index (χ2n) is 5.70. The highest BCUT2D eigenvalue weighted by Crippen LogP contribution is 2.41. The summed E-state index contributed by atoms with van der Waals surface area (Å²) in [7, 11) is 1.64. The Bertz CT molecular complexity index is 552. The molecule has 1 aromatic rings. The molecule has 2 rings (SSSR count). The van der Waals surface area contributed by atoms with Crippen LogP contribution < -0.4 is 4.90 Å². The summed E-state index contributed by atoms with van der Waals surface area (Å²) in [6, 6.07) is 3.21. The van der Waals surface area contributed by atoms with E-state index in [1.54, 1.807) is 25.8 Å². The molecule has 0 bridgehead atoms. The van der Waals surface area contributed by atoms with Gasteiger partial charge in [0.1, 0.15) is 0 Å². The van der Waals surface area contributed by atoms with Gasteiger partial charge in [-0.2, -0.15) is 13.2 Å². The van der Waals surface area contributed by atoms with Crippen LogP contribution in [0.2, 0.25) is 0 Å². The number of hydrogen-bond acceptors (Lipinski definition) is 2. The first kappa shape index (κ1) is 14.7. The maximum atomic E-state index is 12.7. The van der Waals surface area contributed by atoms with Crippen LogP contribution in [0.1, 0.15) is 25.0 Å². The Labute approximate surface area is 115 Å². The smallest absolute Gasteiger partial charge is 0.416 e. The van der Waals surface area contributed by atoms with Gasteiger partial charge in [0.2, 0.25) is 0 Å². The van der Waals surface area contributed by atoms with E-state index < -0.39 is 23.1 Å². The van der Waals surface area contributed by atoms with Crippen LogP contribution in [0.25, 0.3) is 0 Å². The minimum atomic E-state index is -4.39. The maximum absolute atomic E-state index is 12.7. The molecule has 3 nitrogen and oxygen atoms in total. The highest BCUT2D eigenvalue weighted by molar-refractivity contribution is 5.77. The van der Waals surface area contributed by atoms with Gasteiger partial charge in [0.15, 0.2) is 0 Å². The third-order valence-electron chi connectivity index (χ3n) is 4.06. The van der Waals surface area contributed by atoms with Gasteiger partial charge in [-0.05, 0) is 38.0 Å². The van der Waals surface area contributed by atoms with Gasteiger partial charge < -0.3 is 10.0 Å². The Morgan fingerprint density at radius 2 is 1.95 bits per heavy atom. The molecule has 0 amide bonds. The van der Waals surface area contributed by atoms with E-state index in [1.165, 1.54) is 6.07 Å². The average molecular weight is 287 g/mol. The number of hydrogen-bond donors (Lipinski definition) is 1. The van der Waals surface area contributed by atoms with Crippen molar-refractivity contribution in [2.24, 2.45) is 5.41 Å².